The fourth-order valence-corrected chi connectivity index (χ4v) is 1.07. The van der Waals surface area contributed by atoms with Crippen molar-refractivity contribution in [3.63, 3.8) is 0 Å². The largest absolute Gasteiger partial charge is 0.426 e. The summed E-state index contributed by atoms with van der Waals surface area (Å²) in [7, 11) is -0.471. The second kappa shape index (κ2) is 5.47. The van der Waals surface area contributed by atoms with Crippen molar-refractivity contribution in [1.29, 1.82) is 0 Å². The summed E-state index contributed by atoms with van der Waals surface area (Å²) in [6, 6.07) is 8.50. The topological polar surface area (TPSA) is 63.6 Å². The summed E-state index contributed by atoms with van der Waals surface area (Å²) in [5.74, 6) is -1.38. The molecule has 0 heterocycles. The highest BCUT2D eigenvalue weighted by Gasteiger charge is 2.12. The van der Waals surface area contributed by atoms with Crippen molar-refractivity contribution in [3.05, 3.63) is 30.3 Å². The lowest BCUT2D eigenvalue weighted by molar-refractivity contribution is -0.135. The van der Waals surface area contributed by atoms with Crippen LogP contribution >= 0.6 is 8.46 Å². The van der Waals surface area contributed by atoms with Gasteiger partial charge in [-0.2, -0.15) is 0 Å². The molecule has 0 spiro atoms. The maximum atomic E-state index is 11.1. The molecule has 4 nitrogen and oxygen atoms in total. The van der Waals surface area contributed by atoms with E-state index >= 15 is 0 Å². The fraction of sp³-hybridized carbons (Fsp3) is 0.222. The summed E-state index contributed by atoms with van der Waals surface area (Å²) < 4.78 is 15.0. The Labute approximate surface area is 82.7 Å². The van der Waals surface area contributed by atoms with Crippen LogP contribution in [0.5, 0.6) is 5.75 Å². The Kier molecular flexibility index (Phi) is 4.23. The highest BCUT2D eigenvalue weighted by Crippen LogP contribution is 2.12. The van der Waals surface area contributed by atoms with Crippen molar-refractivity contribution in [1.82, 2.24) is 0 Å². The van der Waals surface area contributed by atoms with Gasteiger partial charge in [-0.15, -0.1) is 0 Å². The second-order valence-corrected chi connectivity index (χ2v) is 3.38. The minimum Gasteiger partial charge on any atom is -0.426 e. The molecule has 0 aliphatic rings. The number of carbonyl (C=O) groups is 1. The molecule has 0 bridgehead atoms. The van der Waals surface area contributed by atoms with E-state index in [0.29, 0.717) is 5.75 Å². The van der Waals surface area contributed by atoms with Gasteiger partial charge in [0.05, 0.1) is 6.42 Å². The molecule has 0 aromatic heterocycles. The molecule has 1 N–H and O–H groups in total. The first-order valence-corrected chi connectivity index (χ1v) is 4.87. The molecule has 74 valence electrons. The van der Waals surface area contributed by atoms with Crippen LogP contribution in [0.25, 0.3) is 0 Å². The van der Waals surface area contributed by atoms with E-state index in [0.717, 1.165) is 0 Å². The molecule has 0 saturated heterocycles. The van der Waals surface area contributed by atoms with Gasteiger partial charge in [0, 0.05) is 0 Å². The van der Waals surface area contributed by atoms with Crippen molar-refractivity contribution >= 4 is 14.4 Å². The van der Waals surface area contributed by atoms with Crippen LogP contribution in [0.1, 0.15) is 6.42 Å². The Bertz CT molecular complexity index is 312. The number of aliphatic hydroxyl groups excluding tert-OH is 1. The number of carbonyl (C=O) groups excluding carboxylic acids is 1. The van der Waals surface area contributed by atoms with E-state index in [4.69, 9.17) is 9.84 Å². The molecule has 0 radical (unpaired) electrons. The Morgan fingerprint density at radius 2 is 2.07 bits per heavy atom. The normalized spacial score (nSPS) is 12.4. The van der Waals surface area contributed by atoms with E-state index in [-0.39, 0.29) is 6.42 Å². The lowest BCUT2D eigenvalue weighted by Crippen LogP contribution is -2.13. The van der Waals surface area contributed by atoms with Crippen molar-refractivity contribution in [3.8, 4) is 5.75 Å². The quantitative estimate of drug-likeness (QED) is 0.467. The van der Waals surface area contributed by atoms with Gasteiger partial charge in [0.1, 0.15) is 11.6 Å². The first-order valence-electron chi connectivity index (χ1n) is 3.98. The minimum absolute atomic E-state index is 0.278. The van der Waals surface area contributed by atoms with Gasteiger partial charge in [-0.05, 0) is 12.1 Å². The lowest BCUT2D eigenvalue weighted by atomic mass is 10.3. The SMILES string of the molecule is O=P[C@H](O)CC(=O)Oc1ccccc1. The maximum absolute atomic E-state index is 11.1. The number of benzene rings is 1. The molecule has 0 saturated carbocycles. The average molecular weight is 212 g/mol. The zero-order chi connectivity index (χ0) is 10.4. The molecule has 0 amide bonds. The first-order chi connectivity index (χ1) is 6.72. The summed E-state index contributed by atoms with van der Waals surface area (Å²) in [5.41, 5.74) is 0. The van der Waals surface area contributed by atoms with Gasteiger partial charge in [0.25, 0.3) is 0 Å². The van der Waals surface area contributed by atoms with Gasteiger partial charge < -0.3 is 9.84 Å². The van der Waals surface area contributed by atoms with Crippen LogP contribution in [0.2, 0.25) is 0 Å². The van der Waals surface area contributed by atoms with Gasteiger partial charge in [0.15, 0.2) is 8.46 Å². The predicted molar refractivity (Wildman–Crippen MR) is 50.3 cm³/mol. The van der Waals surface area contributed by atoms with Crippen LogP contribution in [-0.2, 0) is 9.36 Å². The number of para-hydroxylation sites is 1. The molecular formula is C9H9O4P. The van der Waals surface area contributed by atoms with Gasteiger partial charge >= 0.3 is 5.97 Å². The summed E-state index contributed by atoms with van der Waals surface area (Å²) in [4.78, 5) is 11.1. The number of aliphatic hydroxyl groups is 1. The van der Waals surface area contributed by atoms with E-state index in [9.17, 15) is 9.36 Å². The van der Waals surface area contributed by atoms with E-state index in [1.807, 2.05) is 0 Å². The third-order valence-corrected chi connectivity index (χ3v) is 1.87. The van der Waals surface area contributed by atoms with Crippen molar-refractivity contribution in [2.45, 2.75) is 12.3 Å². The molecule has 1 aromatic rings. The number of hydrogen-bond acceptors (Lipinski definition) is 4. The maximum Gasteiger partial charge on any atom is 0.314 e. The molecular weight excluding hydrogens is 203 g/mol. The minimum atomic E-state index is -1.19. The molecule has 1 atom stereocenters. The summed E-state index contributed by atoms with van der Waals surface area (Å²) in [5, 5.41) is 8.88. The Balaban J connectivity index is 2.46. The number of ether oxygens (including phenoxy) is 1. The highest BCUT2D eigenvalue weighted by atomic mass is 31.1. The molecule has 1 rings (SSSR count). The zero-order valence-electron chi connectivity index (χ0n) is 7.29. The molecule has 1 aromatic carbocycles. The predicted octanol–water partition coefficient (Wildman–Crippen LogP) is 1.59. The Hall–Kier alpha value is -1.25. The van der Waals surface area contributed by atoms with E-state index in [1.54, 1.807) is 30.3 Å². The molecule has 0 aliphatic heterocycles. The lowest BCUT2D eigenvalue weighted by Gasteiger charge is -2.03. The number of rotatable bonds is 4. The monoisotopic (exact) mass is 212 g/mol. The van der Waals surface area contributed by atoms with Crippen LogP contribution in [-0.4, -0.2) is 16.9 Å². The van der Waals surface area contributed by atoms with Crippen LogP contribution in [0.15, 0.2) is 30.3 Å². The molecule has 14 heavy (non-hydrogen) atoms. The van der Waals surface area contributed by atoms with Crippen LogP contribution in [0.4, 0.5) is 0 Å². The Morgan fingerprint density at radius 1 is 1.43 bits per heavy atom. The summed E-state index contributed by atoms with van der Waals surface area (Å²) >= 11 is 0. The standard InChI is InChI=1S/C9H9O4P/c10-8(6-9(11)14-12)13-7-4-2-1-3-5-7/h1-5,9,11H,6H2/t9-/m0/s1. The second-order valence-electron chi connectivity index (χ2n) is 2.58. The van der Waals surface area contributed by atoms with Crippen LogP contribution in [0.3, 0.4) is 0 Å². The third kappa shape index (κ3) is 3.64. The number of hydrogen-bond donors (Lipinski definition) is 1. The first kappa shape index (κ1) is 10.8. The summed E-state index contributed by atoms with van der Waals surface area (Å²) in [6.07, 6.45) is -0.278. The smallest absolute Gasteiger partial charge is 0.314 e. The Morgan fingerprint density at radius 3 is 2.64 bits per heavy atom. The van der Waals surface area contributed by atoms with Gasteiger partial charge in [-0.25, -0.2) is 0 Å². The molecule has 0 aliphatic carbocycles. The van der Waals surface area contributed by atoms with E-state index in [1.165, 1.54) is 0 Å². The zero-order valence-corrected chi connectivity index (χ0v) is 8.18. The van der Waals surface area contributed by atoms with Crippen molar-refractivity contribution in [2.24, 2.45) is 0 Å². The van der Waals surface area contributed by atoms with Crippen LogP contribution < -0.4 is 4.74 Å². The van der Waals surface area contributed by atoms with Crippen LogP contribution in [0, 0.1) is 0 Å². The van der Waals surface area contributed by atoms with E-state index < -0.39 is 20.3 Å². The molecule has 0 unspecified atom stereocenters. The molecule has 5 heteroatoms. The number of esters is 1. The average Bonchev–Trinajstić information content (AvgIpc) is 2.19. The summed E-state index contributed by atoms with van der Waals surface area (Å²) in [6.45, 7) is 0. The van der Waals surface area contributed by atoms with Crippen molar-refractivity contribution in [2.75, 3.05) is 0 Å². The highest BCUT2D eigenvalue weighted by molar-refractivity contribution is 7.24. The van der Waals surface area contributed by atoms with Crippen molar-refractivity contribution < 1.29 is 19.2 Å². The van der Waals surface area contributed by atoms with Gasteiger partial charge in [0.2, 0.25) is 0 Å². The molecule has 0 fully saturated rings. The van der Waals surface area contributed by atoms with E-state index in [2.05, 4.69) is 0 Å². The van der Waals surface area contributed by atoms with Gasteiger partial charge in [-0.3, -0.25) is 9.36 Å². The van der Waals surface area contributed by atoms with Gasteiger partial charge in [-0.1, -0.05) is 18.2 Å². The third-order valence-electron chi connectivity index (χ3n) is 1.45. The fourth-order valence-electron chi connectivity index (χ4n) is 0.848.